The first-order chi connectivity index (χ1) is 11.0. The molecule has 23 heavy (non-hydrogen) atoms. The number of hydrogen-bond acceptors (Lipinski definition) is 5. The third-order valence-corrected chi connectivity index (χ3v) is 4.12. The third-order valence-electron chi connectivity index (χ3n) is 4.12. The van der Waals surface area contributed by atoms with E-state index in [1.54, 1.807) is 9.20 Å². The lowest BCUT2D eigenvalue weighted by atomic mass is 10.2. The number of fused-ring (bicyclic) bond motifs is 2. The number of nitrogens with zero attached hydrogens (tertiary/aromatic N) is 6. The van der Waals surface area contributed by atoms with Gasteiger partial charge in [0, 0.05) is 24.0 Å². The first-order valence-electron chi connectivity index (χ1n) is 7.60. The van der Waals surface area contributed by atoms with Crippen LogP contribution in [0.25, 0.3) is 5.78 Å². The molecule has 0 aliphatic heterocycles. The molecule has 1 amide bonds. The fourth-order valence-corrected chi connectivity index (χ4v) is 3.10. The Kier molecular flexibility index (Phi) is 2.93. The highest BCUT2D eigenvalue weighted by atomic mass is 16.2. The Morgan fingerprint density at radius 3 is 2.87 bits per heavy atom. The Bertz CT molecular complexity index is 937. The fraction of sp³-hybridized carbons (Fsp3) is 0.400. The molecule has 1 aliphatic carbocycles. The highest BCUT2D eigenvalue weighted by Gasteiger charge is 2.24. The minimum absolute atomic E-state index is 0.110. The average Bonchev–Trinajstić information content (AvgIpc) is 3.16. The Morgan fingerprint density at radius 2 is 2.04 bits per heavy atom. The van der Waals surface area contributed by atoms with Crippen molar-refractivity contribution in [2.45, 2.75) is 33.1 Å². The molecule has 0 aromatic carbocycles. The summed E-state index contributed by atoms with van der Waals surface area (Å²) >= 11 is 0. The fourth-order valence-electron chi connectivity index (χ4n) is 3.10. The molecule has 0 unspecified atom stereocenters. The molecule has 118 valence electrons. The predicted molar refractivity (Wildman–Crippen MR) is 83.4 cm³/mol. The van der Waals surface area contributed by atoms with Crippen molar-refractivity contribution in [3.63, 3.8) is 0 Å². The first-order valence-corrected chi connectivity index (χ1v) is 7.60. The molecule has 1 N–H and O–H groups in total. The summed E-state index contributed by atoms with van der Waals surface area (Å²) in [6.45, 7) is 3.80. The van der Waals surface area contributed by atoms with Gasteiger partial charge >= 0.3 is 0 Å². The van der Waals surface area contributed by atoms with Crippen LogP contribution in [0.2, 0.25) is 0 Å². The highest BCUT2D eigenvalue weighted by Crippen LogP contribution is 2.28. The maximum Gasteiger partial charge on any atom is 0.296 e. The van der Waals surface area contributed by atoms with E-state index in [2.05, 4.69) is 25.5 Å². The monoisotopic (exact) mass is 311 g/mol. The van der Waals surface area contributed by atoms with E-state index in [0.29, 0.717) is 5.78 Å². The Hall–Kier alpha value is -2.77. The molecule has 8 heteroatoms. The van der Waals surface area contributed by atoms with Crippen LogP contribution < -0.4 is 5.32 Å². The van der Waals surface area contributed by atoms with Crippen LogP contribution in [-0.2, 0) is 19.9 Å². The van der Waals surface area contributed by atoms with Crippen LogP contribution >= 0.6 is 0 Å². The van der Waals surface area contributed by atoms with Gasteiger partial charge in [0.15, 0.2) is 0 Å². The number of aromatic nitrogens is 6. The van der Waals surface area contributed by atoms with Crippen molar-refractivity contribution in [1.29, 1.82) is 0 Å². The summed E-state index contributed by atoms with van der Waals surface area (Å²) in [6, 6.07) is 1.90. The number of hydrogen-bond donors (Lipinski definition) is 1. The number of amides is 1. The van der Waals surface area contributed by atoms with Crippen molar-refractivity contribution < 1.29 is 4.79 Å². The molecule has 1 aliphatic rings. The van der Waals surface area contributed by atoms with Gasteiger partial charge in [-0.05, 0) is 39.2 Å². The molecule has 3 aromatic heterocycles. The van der Waals surface area contributed by atoms with Gasteiger partial charge < -0.3 is 5.32 Å². The second-order valence-electron chi connectivity index (χ2n) is 5.89. The normalized spacial score (nSPS) is 13.5. The molecular formula is C15H17N7O. The first kappa shape index (κ1) is 13.9. The molecule has 3 heterocycles. The standard InChI is InChI=1S/C15H17N7O/c1-8-7-9(2)22-15(16-8)17-12(20-22)14(23)18-13-10-5-4-6-11(10)19-21(13)3/h7H,4-6H2,1-3H3,(H,18,23). The molecule has 0 spiro atoms. The van der Waals surface area contributed by atoms with Crippen molar-refractivity contribution >= 4 is 17.5 Å². The molecule has 3 aromatic rings. The molecule has 0 bridgehead atoms. The molecule has 4 rings (SSSR count). The molecule has 0 fully saturated rings. The quantitative estimate of drug-likeness (QED) is 0.768. The lowest BCUT2D eigenvalue weighted by molar-refractivity contribution is 0.101. The zero-order valence-electron chi connectivity index (χ0n) is 13.3. The Morgan fingerprint density at radius 1 is 1.22 bits per heavy atom. The number of rotatable bonds is 2. The zero-order chi connectivity index (χ0) is 16.1. The van der Waals surface area contributed by atoms with Crippen LogP contribution in [0.1, 0.15) is 39.7 Å². The summed E-state index contributed by atoms with van der Waals surface area (Å²) in [5.41, 5.74) is 3.92. The van der Waals surface area contributed by atoms with Gasteiger partial charge in [0.25, 0.3) is 11.7 Å². The smallest absolute Gasteiger partial charge is 0.296 e. The van der Waals surface area contributed by atoms with Crippen molar-refractivity contribution in [3.8, 4) is 0 Å². The maximum absolute atomic E-state index is 12.5. The van der Waals surface area contributed by atoms with E-state index in [1.807, 2.05) is 27.0 Å². The minimum atomic E-state index is -0.342. The molecule has 0 saturated carbocycles. The largest absolute Gasteiger partial charge is 0.304 e. The van der Waals surface area contributed by atoms with Gasteiger partial charge in [-0.3, -0.25) is 9.48 Å². The third kappa shape index (κ3) is 2.18. The molecule has 8 nitrogen and oxygen atoms in total. The van der Waals surface area contributed by atoms with Gasteiger partial charge in [-0.2, -0.15) is 10.1 Å². The summed E-state index contributed by atoms with van der Waals surface area (Å²) in [6.07, 6.45) is 2.99. The van der Waals surface area contributed by atoms with Crippen molar-refractivity contribution in [2.24, 2.45) is 7.05 Å². The van der Waals surface area contributed by atoms with E-state index in [4.69, 9.17) is 0 Å². The van der Waals surface area contributed by atoms with E-state index in [-0.39, 0.29) is 11.7 Å². The predicted octanol–water partition coefficient (Wildman–Crippen LogP) is 1.22. The Balaban J connectivity index is 1.69. The van der Waals surface area contributed by atoms with Gasteiger partial charge in [0.2, 0.25) is 5.82 Å². The number of nitrogens with one attached hydrogen (secondary N) is 1. The highest BCUT2D eigenvalue weighted by molar-refractivity contribution is 6.01. The van der Waals surface area contributed by atoms with Crippen LogP contribution in [-0.4, -0.2) is 35.3 Å². The SMILES string of the molecule is Cc1cc(C)n2nc(C(=O)Nc3c4c(nn3C)CCC4)nc2n1. The van der Waals surface area contributed by atoms with Crippen LogP contribution in [0.15, 0.2) is 6.07 Å². The number of carbonyl (C=O) groups is 1. The van der Waals surface area contributed by atoms with Gasteiger partial charge in [0.1, 0.15) is 5.82 Å². The lowest BCUT2D eigenvalue weighted by Crippen LogP contribution is -2.17. The van der Waals surface area contributed by atoms with Gasteiger partial charge in [-0.25, -0.2) is 9.50 Å². The second kappa shape index (κ2) is 4.87. The zero-order valence-corrected chi connectivity index (χ0v) is 13.3. The van der Waals surface area contributed by atoms with Gasteiger partial charge in [-0.1, -0.05) is 0 Å². The van der Waals surface area contributed by atoms with Crippen LogP contribution in [0.4, 0.5) is 5.82 Å². The van der Waals surface area contributed by atoms with Gasteiger partial charge in [-0.15, -0.1) is 5.10 Å². The summed E-state index contributed by atoms with van der Waals surface area (Å²) in [5, 5.41) is 11.6. The summed E-state index contributed by atoms with van der Waals surface area (Å²) in [5.74, 6) is 0.939. The Labute approximate surface area is 132 Å². The van der Waals surface area contributed by atoms with Crippen molar-refractivity contribution in [2.75, 3.05) is 5.32 Å². The average molecular weight is 311 g/mol. The van der Waals surface area contributed by atoms with E-state index < -0.39 is 0 Å². The topological polar surface area (TPSA) is 90.0 Å². The van der Waals surface area contributed by atoms with Crippen LogP contribution in [0.5, 0.6) is 0 Å². The molecule has 0 radical (unpaired) electrons. The van der Waals surface area contributed by atoms with Crippen LogP contribution in [0, 0.1) is 13.8 Å². The van der Waals surface area contributed by atoms with Crippen molar-refractivity contribution in [3.05, 3.63) is 34.5 Å². The minimum Gasteiger partial charge on any atom is -0.304 e. The van der Waals surface area contributed by atoms with Crippen molar-refractivity contribution in [1.82, 2.24) is 29.4 Å². The van der Waals surface area contributed by atoms with E-state index in [1.165, 1.54) is 0 Å². The van der Waals surface area contributed by atoms with E-state index >= 15 is 0 Å². The summed E-state index contributed by atoms with van der Waals surface area (Å²) in [4.78, 5) is 21.1. The van der Waals surface area contributed by atoms with Crippen LogP contribution in [0.3, 0.4) is 0 Å². The number of carbonyl (C=O) groups excluding carboxylic acids is 1. The molecule has 0 atom stereocenters. The summed E-state index contributed by atoms with van der Waals surface area (Å²) < 4.78 is 3.29. The molecule has 0 saturated heterocycles. The summed E-state index contributed by atoms with van der Waals surface area (Å²) in [7, 11) is 1.83. The van der Waals surface area contributed by atoms with Gasteiger partial charge in [0.05, 0.1) is 5.69 Å². The van der Waals surface area contributed by atoms with E-state index in [9.17, 15) is 4.79 Å². The van der Waals surface area contributed by atoms with E-state index in [0.717, 1.165) is 47.7 Å². The molecular weight excluding hydrogens is 294 g/mol. The lowest BCUT2D eigenvalue weighted by Gasteiger charge is -2.05. The maximum atomic E-state index is 12.5. The second-order valence-corrected chi connectivity index (χ2v) is 5.89. The number of anilines is 1. The number of aryl methyl sites for hydroxylation is 4.